The van der Waals surface area contributed by atoms with Crippen LogP contribution in [0.5, 0.6) is 0 Å². The number of hydrogen-bond donors (Lipinski definition) is 0. The number of piperazine rings is 1. The molecule has 3 heteroatoms. The SMILES string of the molecule is IN1CCN2CCC[C@H]2C1. The monoisotopic (exact) mass is 252 g/mol. The normalized spacial score (nSPS) is 36.3. The van der Waals surface area contributed by atoms with Gasteiger partial charge in [-0.3, -0.25) is 4.90 Å². The highest BCUT2D eigenvalue weighted by Gasteiger charge is 2.29. The Morgan fingerprint density at radius 1 is 1.20 bits per heavy atom. The van der Waals surface area contributed by atoms with Crippen LogP contribution in [0.3, 0.4) is 0 Å². The molecule has 0 unspecified atom stereocenters. The highest BCUT2D eigenvalue weighted by Crippen LogP contribution is 2.22. The molecular formula is C7H13IN2. The van der Waals surface area contributed by atoms with Crippen LogP contribution in [0.2, 0.25) is 0 Å². The minimum absolute atomic E-state index is 0.894. The second-order valence-corrected chi connectivity index (χ2v) is 4.57. The molecule has 0 aliphatic carbocycles. The van der Waals surface area contributed by atoms with E-state index in [0.29, 0.717) is 0 Å². The summed E-state index contributed by atoms with van der Waals surface area (Å²) in [4.78, 5) is 2.63. The molecule has 2 rings (SSSR count). The summed E-state index contributed by atoms with van der Waals surface area (Å²) >= 11 is 2.44. The lowest BCUT2D eigenvalue weighted by atomic mass is 10.2. The van der Waals surface area contributed by atoms with Gasteiger partial charge in [0.15, 0.2) is 0 Å². The Bertz CT molecular complexity index is 129. The maximum absolute atomic E-state index is 2.63. The summed E-state index contributed by atoms with van der Waals surface area (Å²) in [6.45, 7) is 5.21. The van der Waals surface area contributed by atoms with Crippen LogP contribution in [-0.4, -0.2) is 40.2 Å². The highest BCUT2D eigenvalue weighted by atomic mass is 127. The third kappa shape index (κ3) is 1.31. The van der Waals surface area contributed by atoms with Crippen molar-refractivity contribution in [3.8, 4) is 0 Å². The van der Waals surface area contributed by atoms with E-state index in [2.05, 4.69) is 30.9 Å². The van der Waals surface area contributed by atoms with Crippen LogP contribution in [-0.2, 0) is 0 Å². The van der Waals surface area contributed by atoms with E-state index >= 15 is 0 Å². The Morgan fingerprint density at radius 2 is 2.10 bits per heavy atom. The predicted molar refractivity (Wildman–Crippen MR) is 50.2 cm³/mol. The van der Waals surface area contributed by atoms with E-state index < -0.39 is 0 Å². The molecule has 0 N–H and O–H groups in total. The van der Waals surface area contributed by atoms with E-state index in [1.807, 2.05) is 0 Å². The van der Waals surface area contributed by atoms with Gasteiger partial charge in [0.1, 0.15) is 0 Å². The third-order valence-corrected chi connectivity index (χ3v) is 3.41. The van der Waals surface area contributed by atoms with Crippen molar-refractivity contribution in [3.05, 3.63) is 0 Å². The summed E-state index contributed by atoms with van der Waals surface area (Å²) in [5.41, 5.74) is 0. The van der Waals surface area contributed by atoms with Crippen LogP contribution in [0.25, 0.3) is 0 Å². The van der Waals surface area contributed by atoms with Gasteiger partial charge in [0.2, 0.25) is 0 Å². The van der Waals surface area contributed by atoms with Gasteiger partial charge >= 0.3 is 0 Å². The number of rotatable bonds is 0. The fourth-order valence-electron chi connectivity index (χ4n) is 1.95. The summed E-state index contributed by atoms with van der Waals surface area (Å²) in [6, 6.07) is 0.894. The molecule has 2 aliphatic rings. The molecule has 0 aromatic rings. The van der Waals surface area contributed by atoms with Crippen molar-refractivity contribution in [1.82, 2.24) is 8.01 Å². The fourth-order valence-corrected chi connectivity index (χ4v) is 2.62. The molecule has 2 heterocycles. The molecule has 2 fully saturated rings. The molecule has 2 nitrogen and oxygen atoms in total. The number of halogens is 1. The zero-order chi connectivity index (χ0) is 6.97. The van der Waals surface area contributed by atoms with E-state index in [9.17, 15) is 0 Å². The van der Waals surface area contributed by atoms with E-state index in [1.54, 1.807) is 0 Å². The molecule has 0 radical (unpaired) electrons. The van der Waals surface area contributed by atoms with Gasteiger partial charge in [-0.05, 0) is 19.4 Å². The average molecular weight is 252 g/mol. The minimum atomic E-state index is 0.894. The summed E-state index contributed by atoms with van der Waals surface area (Å²) < 4.78 is 2.42. The predicted octanol–water partition coefficient (Wildman–Crippen LogP) is 1.12. The quantitative estimate of drug-likeness (QED) is 0.471. The maximum atomic E-state index is 2.63. The molecule has 1 atom stereocenters. The lowest BCUT2D eigenvalue weighted by Crippen LogP contribution is -2.46. The standard InChI is InChI=1S/C7H13IN2/c8-10-5-4-9-3-1-2-7(9)6-10/h7H,1-6H2/t7-/m0/s1. The molecular weight excluding hydrogens is 239 g/mol. The minimum Gasteiger partial charge on any atom is -0.298 e. The topological polar surface area (TPSA) is 6.48 Å². The van der Waals surface area contributed by atoms with Crippen LogP contribution in [0, 0.1) is 0 Å². The van der Waals surface area contributed by atoms with Crippen LogP contribution in [0.15, 0.2) is 0 Å². The first-order chi connectivity index (χ1) is 4.86. The maximum Gasteiger partial charge on any atom is 0.0238 e. The van der Waals surface area contributed by atoms with Gasteiger partial charge < -0.3 is 0 Å². The fraction of sp³-hybridized carbons (Fsp3) is 1.00. The molecule has 2 saturated heterocycles. The van der Waals surface area contributed by atoms with Crippen molar-refractivity contribution < 1.29 is 0 Å². The summed E-state index contributed by atoms with van der Waals surface area (Å²) in [6.07, 6.45) is 2.86. The lowest BCUT2D eigenvalue weighted by Gasteiger charge is -2.33. The van der Waals surface area contributed by atoms with Crippen LogP contribution >= 0.6 is 22.9 Å². The van der Waals surface area contributed by atoms with Gasteiger partial charge in [-0.15, -0.1) is 0 Å². The molecule has 0 aromatic carbocycles. The molecule has 58 valence electrons. The first kappa shape index (κ1) is 7.31. The summed E-state index contributed by atoms with van der Waals surface area (Å²) in [7, 11) is 0. The van der Waals surface area contributed by atoms with Crippen LogP contribution < -0.4 is 0 Å². The van der Waals surface area contributed by atoms with Crippen molar-refractivity contribution in [3.63, 3.8) is 0 Å². The first-order valence-electron chi connectivity index (χ1n) is 4.01. The lowest BCUT2D eigenvalue weighted by molar-refractivity contribution is 0.175. The zero-order valence-corrected chi connectivity index (χ0v) is 8.25. The molecule has 0 aromatic heterocycles. The second kappa shape index (κ2) is 2.95. The second-order valence-electron chi connectivity index (χ2n) is 3.20. The Hall–Kier alpha value is 0.650. The Labute approximate surface area is 76.1 Å². The largest absolute Gasteiger partial charge is 0.298 e. The zero-order valence-electron chi connectivity index (χ0n) is 6.09. The molecule has 0 amide bonds. The molecule has 0 bridgehead atoms. The van der Waals surface area contributed by atoms with Gasteiger partial charge in [0.05, 0.1) is 0 Å². The van der Waals surface area contributed by atoms with Gasteiger partial charge in [0.25, 0.3) is 0 Å². The summed E-state index contributed by atoms with van der Waals surface area (Å²) in [5.74, 6) is 0. The molecule has 2 aliphatic heterocycles. The van der Waals surface area contributed by atoms with Crippen molar-refractivity contribution in [1.29, 1.82) is 0 Å². The van der Waals surface area contributed by atoms with E-state index in [1.165, 1.54) is 39.0 Å². The van der Waals surface area contributed by atoms with Crippen molar-refractivity contribution in [2.24, 2.45) is 0 Å². The number of nitrogens with zero attached hydrogens (tertiary/aromatic N) is 2. The number of fused-ring (bicyclic) bond motifs is 1. The van der Waals surface area contributed by atoms with Crippen molar-refractivity contribution >= 4 is 22.9 Å². The van der Waals surface area contributed by atoms with Gasteiger partial charge in [-0.25, -0.2) is 3.11 Å². The van der Waals surface area contributed by atoms with Crippen molar-refractivity contribution in [2.75, 3.05) is 26.2 Å². The van der Waals surface area contributed by atoms with E-state index in [0.717, 1.165) is 6.04 Å². The summed E-state index contributed by atoms with van der Waals surface area (Å²) in [5, 5.41) is 0. The van der Waals surface area contributed by atoms with Gasteiger partial charge in [0, 0.05) is 48.5 Å². The average Bonchev–Trinajstić information content (AvgIpc) is 2.33. The van der Waals surface area contributed by atoms with Crippen LogP contribution in [0.1, 0.15) is 12.8 Å². The molecule has 0 spiro atoms. The molecule has 0 saturated carbocycles. The highest BCUT2D eigenvalue weighted by molar-refractivity contribution is 14.1. The Balaban J connectivity index is 1.96. The third-order valence-electron chi connectivity index (χ3n) is 2.54. The van der Waals surface area contributed by atoms with Crippen molar-refractivity contribution in [2.45, 2.75) is 18.9 Å². The number of hydrogen-bond acceptors (Lipinski definition) is 2. The van der Waals surface area contributed by atoms with E-state index in [-0.39, 0.29) is 0 Å². The Morgan fingerprint density at radius 3 is 3.00 bits per heavy atom. The van der Waals surface area contributed by atoms with E-state index in [4.69, 9.17) is 0 Å². The Kier molecular flexibility index (Phi) is 2.15. The van der Waals surface area contributed by atoms with Gasteiger partial charge in [-0.2, -0.15) is 0 Å². The first-order valence-corrected chi connectivity index (χ1v) is 4.97. The van der Waals surface area contributed by atoms with Gasteiger partial charge in [-0.1, -0.05) is 0 Å². The molecule has 10 heavy (non-hydrogen) atoms. The van der Waals surface area contributed by atoms with Crippen LogP contribution in [0.4, 0.5) is 0 Å². The smallest absolute Gasteiger partial charge is 0.0238 e.